The highest BCUT2D eigenvalue weighted by atomic mass is 16.5. The van der Waals surface area contributed by atoms with E-state index in [0.29, 0.717) is 11.7 Å². The zero-order chi connectivity index (χ0) is 19.8. The lowest BCUT2D eigenvalue weighted by molar-refractivity contribution is 0.422. The summed E-state index contributed by atoms with van der Waals surface area (Å²) in [4.78, 5) is 12.6. The van der Waals surface area contributed by atoms with Crippen LogP contribution in [0.15, 0.2) is 35.0 Å². The molecule has 0 radical (unpaired) electrons. The Bertz CT molecular complexity index is 1210. The molecule has 0 atom stereocenters. The highest BCUT2D eigenvalue weighted by molar-refractivity contribution is 6.10. The van der Waals surface area contributed by atoms with Crippen molar-refractivity contribution in [1.82, 2.24) is 20.1 Å². The number of nitrogens with one attached hydrogen (secondary N) is 1. The van der Waals surface area contributed by atoms with Crippen molar-refractivity contribution in [2.45, 2.75) is 58.8 Å². The molecule has 1 aliphatic rings. The summed E-state index contributed by atoms with van der Waals surface area (Å²) in [6, 6.07) is 6.79. The molecule has 3 aromatic heterocycles. The maximum absolute atomic E-state index is 5.46. The first-order valence-electron chi connectivity index (χ1n) is 10.7. The van der Waals surface area contributed by atoms with Crippen LogP contribution in [0.2, 0.25) is 0 Å². The molecule has 5 nitrogen and oxygen atoms in total. The largest absolute Gasteiger partial charge is 0.353 e. The molecule has 0 amide bonds. The SMILES string of the molecule is CCc1noc(-c2ncc3[nH]c4ccc(/C5=C/CCCCCC5)cc4c3c2C)n1. The van der Waals surface area contributed by atoms with Gasteiger partial charge in [0.05, 0.1) is 11.7 Å². The van der Waals surface area contributed by atoms with Gasteiger partial charge in [0, 0.05) is 22.7 Å². The Morgan fingerprint density at radius 3 is 2.86 bits per heavy atom. The van der Waals surface area contributed by atoms with Crippen LogP contribution in [0.1, 0.15) is 62.4 Å². The third kappa shape index (κ3) is 3.24. The third-order valence-electron chi connectivity index (χ3n) is 6.03. The first-order valence-corrected chi connectivity index (χ1v) is 10.7. The first kappa shape index (κ1) is 18.1. The van der Waals surface area contributed by atoms with Crippen molar-refractivity contribution >= 4 is 27.4 Å². The summed E-state index contributed by atoms with van der Waals surface area (Å²) in [5.41, 5.74) is 6.84. The predicted octanol–water partition coefficient (Wildman–Crippen LogP) is 6.37. The average Bonchev–Trinajstić information content (AvgIpc) is 3.32. The highest BCUT2D eigenvalue weighted by Gasteiger charge is 2.17. The number of benzene rings is 1. The van der Waals surface area contributed by atoms with Crippen molar-refractivity contribution in [3.05, 3.63) is 47.4 Å². The number of H-pyrrole nitrogens is 1. The van der Waals surface area contributed by atoms with E-state index in [1.54, 1.807) is 0 Å². The molecule has 0 spiro atoms. The van der Waals surface area contributed by atoms with Gasteiger partial charge in [0.25, 0.3) is 5.89 Å². The molecule has 4 aromatic rings. The molecule has 0 saturated carbocycles. The maximum atomic E-state index is 5.46. The number of fused-ring (bicyclic) bond motifs is 3. The fraction of sp³-hybridized carbons (Fsp3) is 0.375. The van der Waals surface area contributed by atoms with Crippen LogP contribution < -0.4 is 0 Å². The van der Waals surface area contributed by atoms with E-state index in [4.69, 9.17) is 4.52 Å². The van der Waals surface area contributed by atoms with Crippen molar-refractivity contribution in [3.63, 3.8) is 0 Å². The van der Waals surface area contributed by atoms with Gasteiger partial charge in [-0.15, -0.1) is 0 Å². The molecule has 0 unspecified atom stereocenters. The number of pyridine rings is 1. The van der Waals surface area contributed by atoms with E-state index in [1.165, 1.54) is 60.4 Å². The standard InChI is InChI=1S/C24H26N4O/c1-3-21-27-24(29-28-21)23-15(2)22-18-13-17(16-9-7-5-4-6-8-10-16)11-12-19(18)26-20(22)14-25-23/h9,11-14,26H,3-8,10H2,1-2H3/b16-9+. The summed E-state index contributed by atoms with van der Waals surface area (Å²) < 4.78 is 5.46. The highest BCUT2D eigenvalue weighted by Crippen LogP contribution is 2.35. The number of nitrogens with zero attached hydrogens (tertiary/aromatic N) is 3. The van der Waals surface area contributed by atoms with Crippen LogP contribution in [0.4, 0.5) is 0 Å². The average molecular weight is 386 g/mol. The second-order valence-electron chi connectivity index (χ2n) is 7.96. The van der Waals surface area contributed by atoms with Gasteiger partial charge < -0.3 is 9.51 Å². The van der Waals surface area contributed by atoms with Crippen LogP contribution in [0.25, 0.3) is 39.0 Å². The summed E-state index contributed by atoms with van der Waals surface area (Å²) in [5, 5.41) is 6.46. The minimum atomic E-state index is 0.495. The molecule has 29 heavy (non-hydrogen) atoms. The van der Waals surface area contributed by atoms with Gasteiger partial charge in [0.2, 0.25) is 0 Å². The smallest absolute Gasteiger partial charge is 0.276 e. The number of aromatic nitrogens is 4. The van der Waals surface area contributed by atoms with E-state index in [1.807, 2.05) is 13.1 Å². The molecule has 148 valence electrons. The molecule has 0 fully saturated rings. The lowest BCUT2D eigenvalue weighted by Crippen LogP contribution is -1.91. The van der Waals surface area contributed by atoms with Crippen LogP contribution in [-0.4, -0.2) is 20.1 Å². The molecule has 0 bridgehead atoms. The number of allylic oxidation sites excluding steroid dienone is 2. The lowest BCUT2D eigenvalue weighted by Gasteiger charge is -2.12. The van der Waals surface area contributed by atoms with Crippen LogP contribution in [-0.2, 0) is 6.42 Å². The molecule has 3 heterocycles. The minimum Gasteiger partial charge on any atom is -0.353 e. The molecule has 0 saturated heterocycles. The van der Waals surface area contributed by atoms with E-state index in [2.05, 4.69) is 51.3 Å². The molecule has 1 N–H and O–H groups in total. The van der Waals surface area contributed by atoms with Gasteiger partial charge in [-0.25, -0.2) is 4.98 Å². The number of aromatic amines is 1. The van der Waals surface area contributed by atoms with Crippen LogP contribution >= 0.6 is 0 Å². The minimum absolute atomic E-state index is 0.495. The van der Waals surface area contributed by atoms with Gasteiger partial charge in [-0.2, -0.15) is 4.98 Å². The Hall–Kier alpha value is -2.95. The summed E-state index contributed by atoms with van der Waals surface area (Å²) in [6.45, 7) is 4.11. The van der Waals surface area contributed by atoms with Crippen molar-refractivity contribution in [3.8, 4) is 11.6 Å². The Labute approximate surface area is 170 Å². The van der Waals surface area contributed by atoms with Gasteiger partial charge in [0.15, 0.2) is 5.82 Å². The molecule has 1 aliphatic carbocycles. The predicted molar refractivity (Wildman–Crippen MR) is 117 cm³/mol. The van der Waals surface area contributed by atoms with E-state index in [0.717, 1.165) is 28.7 Å². The van der Waals surface area contributed by atoms with Crippen LogP contribution in [0, 0.1) is 6.92 Å². The Morgan fingerprint density at radius 2 is 2.00 bits per heavy atom. The second kappa shape index (κ2) is 7.47. The maximum Gasteiger partial charge on any atom is 0.276 e. The number of aryl methyl sites for hydroxylation is 2. The Morgan fingerprint density at radius 1 is 1.10 bits per heavy atom. The summed E-state index contributed by atoms with van der Waals surface area (Å²) in [7, 11) is 0. The fourth-order valence-electron chi connectivity index (χ4n) is 4.42. The van der Waals surface area contributed by atoms with Gasteiger partial charge in [-0.1, -0.05) is 37.1 Å². The van der Waals surface area contributed by atoms with Crippen molar-refractivity contribution in [1.29, 1.82) is 0 Å². The molecule has 0 aliphatic heterocycles. The van der Waals surface area contributed by atoms with Crippen molar-refractivity contribution in [2.75, 3.05) is 0 Å². The van der Waals surface area contributed by atoms with Gasteiger partial charge in [-0.05, 0) is 61.4 Å². The Kier molecular flexibility index (Phi) is 4.66. The summed E-state index contributed by atoms with van der Waals surface area (Å²) in [6.07, 6.45) is 12.7. The van der Waals surface area contributed by atoms with Gasteiger partial charge in [-0.3, -0.25) is 0 Å². The van der Waals surface area contributed by atoms with Gasteiger partial charge in [0.1, 0.15) is 5.69 Å². The van der Waals surface area contributed by atoms with E-state index in [9.17, 15) is 0 Å². The third-order valence-corrected chi connectivity index (χ3v) is 6.03. The van der Waals surface area contributed by atoms with E-state index in [-0.39, 0.29) is 0 Å². The molecular weight excluding hydrogens is 360 g/mol. The van der Waals surface area contributed by atoms with Crippen molar-refractivity contribution in [2.24, 2.45) is 0 Å². The quantitative estimate of drug-likeness (QED) is 0.444. The number of hydrogen-bond acceptors (Lipinski definition) is 4. The van der Waals surface area contributed by atoms with E-state index < -0.39 is 0 Å². The number of rotatable bonds is 3. The molecule has 5 rings (SSSR count). The first-order chi connectivity index (χ1) is 14.2. The zero-order valence-corrected chi connectivity index (χ0v) is 17.1. The lowest BCUT2D eigenvalue weighted by atomic mass is 9.93. The summed E-state index contributed by atoms with van der Waals surface area (Å²) >= 11 is 0. The Balaban J connectivity index is 1.66. The normalized spacial score (nSPS) is 17.2. The molecular formula is C24H26N4O. The fourth-order valence-corrected chi connectivity index (χ4v) is 4.42. The summed E-state index contributed by atoms with van der Waals surface area (Å²) in [5.74, 6) is 1.20. The topological polar surface area (TPSA) is 67.6 Å². The second-order valence-corrected chi connectivity index (χ2v) is 7.96. The van der Waals surface area contributed by atoms with Crippen LogP contribution in [0.3, 0.4) is 0 Å². The molecule has 1 aromatic carbocycles. The monoisotopic (exact) mass is 386 g/mol. The van der Waals surface area contributed by atoms with E-state index >= 15 is 0 Å². The zero-order valence-electron chi connectivity index (χ0n) is 17.1. The number of hydrogen-bond donors (Lipinski definition) is 1. The van der Waals surface area contributed by atoms with Crippen molar-refractivity contribution < 1.29 is 4.52 Å². The molecule has 5 heteroatoms. The van der Waals surface area contributed by atoms with Crippen LogP contribution in [0.5, 0.6) is 0 Å². The van der Waals surface area contributed by atoms with Gasteiger partial charge >= 0.3 is 0 Å².